The summed E-state index contributed by atoms with van der Waals surface area (Å²) >= 11 is 0. The van der Waals surface area contributed by atoms with Crippen LogP contribution in [0.4, 0.5) is 0 Å². The van der Waals surface area contributed by atoms with Crippen molar-refractivity contribution in [3.05, 3.63) is 41.9 Å². The molecule has 1 atom stereocenters. The normalized spacial score (nSPS) is 19.1. The lowest BCUT2D eigenvalue weighted by molar-refractivity contribution is 0.378. The van der Waals surface area contributed by atoms with Crippen molar-refractivity contribution >= 4 is 0 Å². The van der Waals surface area contributed by atoms with Crippen LogP contribution < -0.4 is 4.74 Å². The van der Waals surface area contributed by atoms with Gasteiger partial charge in [0, 0.05) is 24.4 Å². The van der Waals surface area contributed by atoms with E-state index in [1.807, 2.05) is 28.9 Å². The number of nitrogens with zero attached hydrogens (tertiary/aromatic N) is 5. The van der Waals surface area contributed by atoms with Gasteiger partial charge in [-0.05, 0) is 30.9 Å². The summed E-state index contributed by atoms with van der Waals surface area (Å²) in [4.78, 5) is 0. The molecule has 1 fully saturated rings. The molecule has 3 heterocycles. The SMILES string of the molecule is CCc1nnc2n1CC(C1CCCC1)c1cnn(-c3ccccc3OC)c1-2. The maximum Gasteiger partial charge on any atom is 0.183 e. The molecule has 2 aromatic heterocycles. The first kappa shape index (κ1) is 16.5. The van der Waals surface area contributed by atoms with Crippen molar-refractivity contribution in [2.45, 2.75) is 51.5 Å². The molecule has 0 bridgehead atoms. The minimum absolute atomic E-state index is 0.486. The van der Waals surface area contributed by atoms with Crippen LogP contribution in [0.2, 0.25) is 0 Å². The van der Waals surface area contributed by atoms with Crippen molar-refractivity contribution in [1.29, 1.82) is 0 Å². The van der Waals surface area contributed by atoms with E-state index in [9.17, 15) is 0 Å². The Balaban J connectivity index is 1.71. The Hall–Kier alpha value is -2.63. The van der Waals surface area contributed by atoms with E-state index in [0.717, 1.165) is 47.7 Å². The summed E-state index contributed by atoms with van der Waals surface area (Å²) in [7, 11) is 1.70. The van der Waals surface area contributed by atoms with Gasteiger partial charge in [0.2, 0.25) is 0 Å². The molecule has 6 nitrogen and oxygen atoms in total. The van der Waals surface area contributed by atoms with Crippen LogP contribution in [-0.4, -0.2) is 31.7 Å². The van der Waals surface area contributed by atoms with Gasteiger partial charge < -0.3 is 9.30 Å². The zero-order chi connectivity index (χ0) is 18.4. The summed E-state index contributed by atoms with van der Waals surface area (Å²) in [5, 5.41) is 13.8. The van der Waals surface area contributed by atoms with Crippen LogP contribution in [0, 0.1) is 5.92 Å². The maximum absolute atomic E-state index is 5.60. The first-order chi connectivity index (χ1) is 13.3. The summed E-state index contributed by atoms with van der Waals surface area (Å²) in [6.07, 6.45) is 8.24. The molecule has 1 unspecified atom stereocenters. The van der Waals surface area contributed by atoms with Gasteiger partial charge in [0.25, 0.3) is 0 Å². The summed E-state index contributed by atoms with van der Waals surface area (Å²) < 4.78 is 9.91. The monoisotopic (exact) mass is 363 g/mol. The number of benzene rings is 1. The average molecular weight is 363 g/mol. The highest BCUT2D eigenvalue weighted by Crippen LogP contribution is 2.45. The molecule has 27 heavy (non-hydrogen) atoms. The van der Waals surface area contributed by atoms with Gasteiger partial charge in [-0.3, -0.25) is 0 Å². The predicted octanol–water partition coefficient (Wildman–Crippen LogP) is 3.99. The quantitative estimate of drug-likeness (QED) is 0.703. The molecule has 1 aliphatic heterocycles. The van der Waals surface area contributed by atoms with E-state index in [0.29, 0.717) is 5.92 Å². The highest BCUT2D eigenvalue weighted by Gasteiger charge is 2.37. The summed E-state index contributed by atoms with van der Waals surface area (Å²) in [5.41, 5.74) is 3.34. The molecule has 0 spiro atoms. The second-order valence-electron chi connectivity index (χ2n) is 7.59. The zero-order valence-electron chi connectivity index (χ0n) is 15.9. The molecule has 1 saturated carbocycles. The Kier molecular flexibility index (Phi) is 3.99. The van der Waals surface area contributed by atoms with Crippen LogP contribution in [-0.2, 0) is 13.0 Å². The molecule has 1 aromatic carbocycles. The number of hydrogen-bond donors (Lipinski definition) is 0. The van der Waals surface area contributed by atoms with Crippen molar-refractivity contribution in [1.82, 2.24) is 24.5 Å². The minimum atomic E-state index is 0.486. The van der Waals surface area contributed by atoms with E-state index < -0.39 is 0 Å². The van der Waals surface area contributed by atoms with Crippen LogP contribution >= 0.6 is 0 Å². The Morgan fingerprint density at radius 1 is 1.15 bits per heavy atom. The van der Waals surface area contributed by atoms with E-state index in [2.05, 4.69) is 27.9 Å². The van der Waals surface area contributed by atoms with Crippen LogP contribution in [0.15, 0.2) is 30.5 Å². The highest BCUT2D eigenvalue weighted by atomic mass is 16.5. The number of aromatic nitrogens is 5. The third-order valence-electron chi connectivity index (χ3n) is 6.21. The smallest absolute Gasteiger partial charge is 0.183 e. The minimum Gasteiger partial charge on any atom is -0.494 e. The summed E-state index contributed by atoms with van der Waals surface area (Å²) in [6, 6.07) is 8.03. The molecule has 1 aliphatic carbocycles. The van der Waals surface area contributed by atoms with E-state index in [1.54, 1.807) is 7.11 Å². The highest BCUT2D eigenvalue weighted by molar-refractivity contribution is 5.64. The molecular weight excluding hydrogens is 338 g/mol. The Morgan fingerprint density at radius 2 is 1.96 bits per heavy atom. The number of aryl methyl sites for hydroxylation is 1. The van der Waals surface area contributed by atoms with Crippen LogP contribution in [0.25, 0.3) is 17.2 Å². The molecule has 3 aromatic rings. The van der Waals surface area contributed by atoms with Crippen molar-refractivity contribution in [3.8, 4) is 23.0 Å². The van der Waals surface area contributed by atoms with Gasteiger partial charge in [-0.25, -0.2) is 4.68 Å². The number of rotatable bonds is 4. The molecule has 2 aliphatic rings. The van der Waals surface area contributed by atoms with Crippen molar-refractivity contribution in [3.63, 3.8) is 0 Å². The first-order valence-electron chi connectivity index (χ1n) is 9.95. The number of hydrogen-bond acceptors (Lipinski definition) is 4. The third-order valence-corrected chi connectivity index (χ3v) is 6.21. The van der Waals surface area contributed by atoms with Gasteiger partial charge >= 0.3 is 0 Å². The van der Waals surface area contributed by atoms with E-state index in [-0.39, 0.29) is 0 Å². The second kappa shape index (κ2) is 6.51. The molecule has 0 saturated heterocycles. The fraction of sp³-hybridized carbons (Fsp3) is 0.476. The fourth-order valence-electron chi connectivity index (χ4n) is 4.87. The van der Waals surface area contributed by atoms with Gasteiger partial charge in [-0.1, -0.05) is 31.9 Å². The molecule has 5 rings (SSSR count). The topological polar surface area (TPSA) is 57.8 Å². The van der Waals surface area contributed by atoms with E-state index in [4.69, 9.17) is 9.84 Å². The first-order valence-corrected chi connectivity index (χ1v) is 9.95. The van der Waals surface area contributed by atoms with Crippen molar-refractivity contribution in [2.75, 3.05) is 7.11 Å². The van der Waals surface area contributed by atoms with Gasteiger partial charge in [0.05, 0.1) is 13.3 Å². The van der Waals surface area contributed by atoms with Crippen molar-refractivity contribution < 1.29 is 4.74 Å². The largest absolute Gasteiger partial charge is 0.494 e. The summed E-state index contributed by atoms with van der Waals surface area (Å²) in [6.45, 7) is 3.12. The molecule has 140 valence electrons. The Morgan fingerprint density at radius 3 is 2.74 bits per heavy atom. The standard InChI is InChI=1S/C21H25N5O/c1-3-19-23-24-21-20-15(16(13-25(19)21)14-8-4-5-9-14)12-22-26(20)17-10-6-7-11-18(17)27-2/h6-7,10-12,14,16H,3-5,8-9,13H2,1-2H3. The van der Waals surface area contributed by atoms with Gasteiger partial charge in [0.1, 0.15) is 23.0 Å². The lowest BCUT2D eigenvalue weighted by atomic mass is 9.83. The number of ether oxygens (including phenoxy) is 1. The third kappa shape index (κ3) is 2.50. The zero-order valence-corrected chi connectivity index (χ0v) is 15.9. The fourth-order valence-corrected chi connectivity index (χ4v) is 4.87. The summed E-state index contributed by atoms with van der Waals surface area (Å²) in [5.74, 6) is 4.01. The van der Waals surface area contributed by atoms with E-state index >= 15 is 0 Å². The van der Waals surface area contributed by atoms with Gasteiger partial charge in [0.15, 0.2) is 5.82 Å². The molecular formula is C21H25N5O. The Labute approximate surface area is 159 Å². The lowest BCUT2D eigenvalue weighted by Gasteiger charge is -2.29. The molecule has 0 N–H and O–H groups in total. The maximum atomic E-state index is 5.60. The van der Waals surface area contributed by atoms with Gasteiger partial charge in [-0.2, -0.15) is 5.10 Å². The number of para-hydroxylation sites is 2. The molecule has 6 heteroatoms. The number of fused-ring (bicyclic) bond motifs is 3. The van der Waals surface area contributed by atoms with Crippen molar-refractivity contribution in [2.24, 2.45) is 5.92 Å². The lowest BCUT2D eigenvalue weighted by Crippen LogP contribution is -2.24. The predicted molar refractivity (Wildman–Crippen MR) is 103 cm³/mol. The van der Waals surface area contributed by atoms with Crippen LogP contribution in [0.3, 0.4) is 0 Å². The number of methoxy groups -OCH3 is 1. The average Bonchev–Trinajstić information content (AvgIpc) is 3.45. The van der Waals surface area contributed by atoms with E-state index in [1.165, 1.54) is 31.2 Å². The molecule has 0 amide bonds. The molecule has 0 radical (unpaired) electrons. The van der Waals surface area contributed by atoms with Crippen LogP contribution in [0.5, 0.6) is 5.75 Å². The Bertz CT molecular complexity index is 967. The second-order valence-corrected chi connectivity index (χ2v) is 7.59. The van der Waals surface area contributed by atoms with Gasteiger partial charge in [-0.15, -0.1) is 10.2 Å². The van der Waals surface area contributed by atoms with Crippen LogP contribution in [0.1, 0.15) is 49.9 Å².